The molecule has 1 fully saturated rings. The third-order valence-corrected chi connectivity index (χ3v) is 8.85. The van der Waals surface area contributed by atoms with Crippen molar-refractivity contribution in [3.05, 3.63) is 65.2 Å². The number of anilines is 1. The highest BCUT2D eigenvalue weighted by atomic mass is 32.2. The van der Waals surface area contributed by atoms with Crippen molar-refractivity contribution in [2.45, 2.75) is 64.5 Å². The summed E-state index contributed by atoms with van der Waals surface area (Å²) in [6, 6.07) is 10.9. The van der Waals surface area contributed by atoms with Crippen LogP contribution in [0, 0.1) is 17.6 Å². The zero-order valence-corrected chi connectivity index (χ0v) is 23.7. The Morgan fingerprint density at radius 1 is 1.21 bits per heavy atom. The number of methoxy groups -OCH3 is 1. The number of nitrogens with zero attached hydrogens (tertiary/aromatic N) is 1. The molecule has 0 bridgehead atoms. The summed E-state index contributed by atoms with van der Waals surface area (Å²) in [5, 5.41) is 6.28. The molecule has 0 radical (unpaired) electrons. The number of hydrogen-bond donors (Lipinski definition) is 2. The summed E-state index contributed by atoms with van der Waals surface area (Å²) in [5.41, 5.74) is 1.70. The third kappa shape index (κ3) is 8.15. The van der Waals surface area contributed by atoms with E-state index in [1.165, 1.54) is 18.2 Å². The van der Waals surface area contributed by atoms with Crippen LogP contribution in [0.25, 0.3) is 0 Å². The van der Waals surface area contributed by atoms with Crippen molar-refractivity contribution in [3.63, 3.8) is 0 Å². The van der Waals surface area contributed by atoms with Crippen molar-refractivity contribution in [2.75, 3.05) is 37.8 Å². The van der Waals surface area contributed by atoms with Crippen LogP contribution in [0.2, 0.25) is 0 Å². The van der Waals surface area contributed by atoms with Crippen molar-refractivity contribution in [3.8, 4) is 0 Å². The molecule has 0 spiro atoms. The SMILES string of the molecule is CCCS(=O)N1CCNCC1CCc1c(F)cccc1NC(=O)CC(c1ccc(F)cc1)C(OC)C(C)C. The van der Waals surface area contributed by atoms with E-state index in [1.807, 2.05) is 25.1 Å². The molecular formula is C29H41F2N3O3S. The maximum atomic E-state index is 15.0. The van der Waals surface area contributed by atoms with Gasteiger partial charge in [-0.25, -0.2) is 17.3 Å². The number of rotatable bonds is 13. The van der Waals surface area contributed by atoms with Gasteiger partial charge in [-0.2, -0.15) is 0 Å². The monoisotopic (exact) mass is 549 g/mol. The lowest BCUT2D eigenvalue weighted by Crippen LogP contribution is -2.52. The van der Waals surface area contributed by atoms with Crippen molar-refractivity contribution in [2.24, 2.45) is 5.92 Å². The Morgan fingerprint density at radius 2 is 1.95 bits per heavy atom. The summed E-state index contributed by atoms with van der Waals surface area (Å²) in [5.74, 6) is -0.541. The Balaban J connectivity index is 1.75. The highest BCUT2D eigenvalue weighted by Gasteiger charge is 2.30. The molecule has 6 nitrogen and oxygen atoms in total. The van der Waals surface area contributed by atoms with Crippen LogP contribution in [0.5, 0.6) is 0 Å². The number of ether oxygens (including phenoxy) is 1. The molecule has 0 aliphatic carbocycles. The molecule has 3 rings (SSSR count). The molecule has 0 aromatic heterocycles. The lowest BCUT2D eigenvalue weighted by molar-refractivity contribution is -0.117. The molecule has 1 heterocycles. The topological polar surface area (TPSA) is 70.7 Å². The molecule has 1 amide bonds. The molecule has 1 aliphatic rings. The van der Waals surface area contributed by atoms with Crippen LogP contribution in [-0.2, 0) is 26.9 Å². The number of nitrogens with one attached hydrogen (secondary N) is 2. The fraction of sp³-hybridized carbons (Fsp3) is 0.552. The van der Waals surface area contributed by atoms with Gasteiger partial charge in [0.15, 0.2) is 0 Å². The van der Waals surface area contributed by atoms with Crippen LogP contribution in [-0.4, -0.2) is 59.1 Å². The van der Waals surface area contributed by atoms with Gasteiger partial charge in [0.05, 0.1) is 17.1 Å². The van der Waals surface area contributed by atoms with E-state index in [9.17, 15) is 17.8 Å². The molecule has 2 aromatic carbocycles. The van der Waals surface area contributed by atoms with E-state index in [-0.39, 0.29) is 47.9 Å². The van der Waals surface area contributed by atoms with Gasteiger partial charge < -0.3 is 15.4 Å². The maximum absolute atomic E-state index is 15.0. The summed E-state index contributed by atoms with van der Waals surface area (Å²) in [7, 11) is 0.556. The van der Waals surface area contributed by atoms with Gasteiger partial charge in [-0.1, -0.05) is 39.0 Å². The fourth-order valence-electron chi connectivity index (χ4n) is 5.22. The second-order valence-corrected chi connectivity index (χ2v) is 11.7. The van der Waals surface area contributed by atoms with Crippen LogP contribution in [0.3, 0.4) is 0 Å². The van der Waals surface area contributed by atoms with Crippen LogP contribution in [0.4, 0.5) is 14.5 Å². The summed E-state index contributed by atoms with van der Waals surface area (Å²) in [4.78, 5) is 13.3. The largest absolute Gasteiger partial charge is 0.381 e. The summed E-state index contributed by atoms with van der Waals surface area (Å²) < 4.78 is 49.0. The van der Waals surface area contributed by atoms with Crippen molar-refractivity contribution in [1.82, 2.24) is 9.62 Å². The first-order valence-corrected chi connectivity index (χ1v) is 14.7. The first-order valence-electron chi connectivity index (χ1n) is 13.5. The van der Waals surface area contributed by atoms with Gasteiger partial charge in [0, 0.05) is 62.1 Å². The van der Waals surface area contributed by atoms with E-state index in [0.717, 1.165) is 18.5 Å². The average molecular weight is 550 g/mol. The van der Waals surface area contributed by atoms with Gasteiger partial charge in [0.2, 0.25) is 5.91 Å². The molecule has 38 heavy (non-hydrogen) atoms. The Morgan fingerprint density at radius 3 is 2.61 bits per heavy atom. The summed E-state index contributed by atoms with van der Waals surface area (Å²) >= 11 is 0. The zero-order valence-electron chi connectivity index (χ0n) is 22.8. The zero-order chi connectivity index (χ0) is 27.7. The van der Waals surface area contributed by atoms with E-state index in [4.69, 9.17) is 4.74 Å². The van der Waals surface area contributed by atoms with Crippen molar-refractivity contribution < 1.29 is 22.5 Å². The minimum Gasteiger partial charge on any atom is -0.381 e. The highest BCUT2D eigenvalue weighted by Crippen LogP contribution is 2.31. The normalized spacial score (nSPS) is 18.8. The van der Waals surface area contributed by atoms with Crippen LogP contribution < -0.4 is 10.6 Å². The standard InChI is InChI=1S/C29H41F2N3O3S/c1-5-17-38(36)34-16-15-32-19-23(34)13-14-24-26(31)7-6-8-27(24)33-28(35)18-25(29(37-4)20(2)3)21-9-11-22(30)12-10-21/h6-12,20,23,25,29,32H,5,13-19H2,1-4H3,(H,33,35). The minimum absolute atomic E-state index is 0.0238. The lowest BCUT2D eigenvalue weighted by Gasteiger charge is -2.35. The predicted molar refractivity (Wildman–Crippen MR) is 149 cm³/mol. The van der Waals surface area contributed by atoms with E-state index >= 15 is 0 Å². The summed E-state index contributed by atoms with van der Waals surface area (Å²) in [6.45, 7) is 8.22. The Bertz CT molecular complexity index is 1070. The second kappa shape index (κ2) is 14.8. The minimum atomic E-state index is -1.06. The molecular weight excluding hydrogens is 508 g/mol. The molecule has 4 unspecified atom stereocenters. The number of piperazine rings is 1. The number of halogens is 2. The smallest absolute Gasteiger partial charge is 0.225 e. The van der Waals surface area contributed by atoms with Crippen LogP contribution in [0.1, 0.15) is 57.1 Å². The van der Waals surface area contributed by atoms with Gasteiger partial charge in [0.1, 0.15) is 11.6 Å². The van der Waals surface area contributed by atoms with Gasteiger partial charge in [-0.05, 0) is 55.0 Å². The Hall–Kier alpha value is -2.20. The fourth-order valence-corrected chi connectivity index (χ4v) is 6.62. The van der Waals surface area contributed by atoms with Crippen molar-refractivity contribution >= 4 is 22.6 Å². The van der Waals surface area contributed by atoms with Gasteiger partial charge in [-0.3, -0.25) is 4.79 Å². The number of carbonyl (C=O) groups excluding carboxylic acids is 1. The molecule has 1 saturated heterocycles. The highest BCUT2D eigenvalue weighted by molar-refractivity contribution is 7.82. The number of amides is 1. The average Bonchev–Trinajstić information content (AvgIpc) is 2.89. The lowest BCUT2D eigenvalue weighted by atomic mass is 9.84. The first kappa shape index (κ1) is 30.3. The van der Waals surface area contributed by atoms with Gasteiger partial charge in [0.25, 0.3) is 0 Å². The van der Waals surface area contributed by atoms with E-state index in [0.29, 0.717) is 42.9 Å². The Kier molecular flexibility index (Phi) is 11.8. The molecule has 1 aliphatic heterocycles. The second-order valence-electron chi connectivity index (χ2n) is 10.2. The molecule has 4 atom stereocenters. The summed E-state index contributed by atoms with van der Waals surface area (Å²) in [6.07, 6.45) is 1.71. The third-order valence-electron chi connectivity index (χ3n) is 7.09. The first-order chi connectivity index (χ1) is 18.2. The molecule has 2 aromatic rings. The molecule has 210 valence electrons. The number of hydrogen-bond acceptors (Lipinski definition) is 4. The predicted octanol–water partition coefficient (Wildman–Crippen LogP) is 5.03. The number of benzene rings is 2. The maximum Gasteiger partial charge on any atom is 0.225 e. The van der Waals surface area contributed by atoms with Gasteiger partial charge >= 0.3 is 0 Å². The quantitative estimate of drug-likeness (QED) is 0.368. The molecule has 2 N–H and O–H groups in total. The van der Waals surface area contributed by atoms with Crippen LogP contribution in [0.15, 0.2) is 42.5 Å². The molecule has 0 saturated carbocycles. The van der Waals surface area contributed by atoms with E-state index in [1.54, 1.807) is 31.4 Å². The van der Waals surface area contributed by atoms with E-state index in [2.05, 4.69) is 10.6 Å². The van der Waals surface area contributed by atoms with Gasteiger partial charge in [-0.15, -0.1) is 0 Å². The van der Waals surface area contributed by atoms with E-state index < -0.39 is 11.0 Å². The number of carbonyl (C=O) groups is 1. The van der Waals surface area contributed by atoms with Crippen LogP contribution >= 0.6 is 0 Å². The Labute approximate surface area is 228 Å². The van der Waals surface area contributed by atoms with Crippen molar-refractivity contribution in [1.29, 1.82) is 0 Å². The molecule has 9 heteroatoms.